The highest BCUT2D eigenvalue weighted by atomic mass is 16.5. The molecule has 0 aromatic heterocycles. The second-order valence-corrected chi connectivity index (χ2v) is 5.98. The molecule has 22 heavy (non-hydrogen) atoms. The van der Waals surface area contributed by atoms with Crippen LogP contribution >= 0.6 is 0 Å². The molecule has 0 spiro atoms. The summed E-state index contributed by atoms with van der Waals surface area (Å²) in [6, 6.07) is 7.38. The topological polar surface area (TPSA) is 58.6 Å². The van der Waals surface area contributed by atoms with Gasteiger partial charge in [0.1, 0.15) is 5.75 Å². The summed E-state index contributed by atoms with van der Waals surface area (Å²) >= 11 is 0. The molecule has 1 aromatic rings. The first kappa shape index (κ1) is 16.6. The van der Waals surface area contributed by atoms with E-state index in [1.165, 1.54) is 0 Å². The molecule has 0 unspecified atom stereocenters. The van der Waals surface area contributed by atoms with Crippen molar-refractivity contribution in [3.8, 4) is 5.75 Å². The Labute approximate surface area is 132 Å². The van der Waals surface area contributed by atoms with Gasteiger partial charge in [-0.2, -0.15) is 0 Å². The van der Waals surface area contributed by atoms with E-state index in [1.54, 1.807) is 0 Å². The molecule has 0 bridgehead atoms. The first-order chi connectivity index (χ1) is 10.6. The average molecular weight is 303 g/mol. The van der Waals surface area contributed by atoms with Crippen LogP contribution in [0, 0.1) is 5.92 Å². The Morgan fingerprint density at radius 2 is 2.23 bits per heavy atom. The van der Waals surface area contributed by atoms with Crippen LogP contribution in [0.4, 0.5) is 0 Å². The van der Waals surface area contributed by atoms with E-state index in [4.69, 9.17) is 4.74 Å². The molecule has 0 saturated heterocycles. The summed E-state index contributed by atoms with van der Waals surface area (Å²) in [6.07, 6.45) is 6.16. The van der Waals surface area contributed by atoms with Gasteiger partial charge >= 0.3 is 0 Å². The third-order valence-electron chi connectivity index (χ3n) is 3.72. The molecule has 2 rings (SSSR count). The minimum absolute atomic E-state index is 0.0259. The number of allylic oxidation sites excluding steroid dienone is 2. The Kier molecular flexibility index (Phi) is 6.01. The van der Waals surface area contributed by atoms with E-state index in [0.717, 1.165) is 30.6 Å². The molecular weight excluding hydrogens is 278 g/mol. The lowest BCUT2D eigenvalue weighted by atomic mass is 9.93. The molecule has 0 fully saturated rings. The molecular formula is C18H25NO3. The maximum absolute atomic E-state index is 12.1. The highest BCUT2D eigenvalue weighted by molar-refractivity contribution is 5.79. The monoisotopic (exact) mass is 303 g/mol. The summed E-state index contributed by atoms with van der Waals surface area (Å²) in [6.45, 7) is 4.15. The first-order valence-corrected chi connectivity index (χ1v) is 7.93. The summed E-state index contributed by atoms with van der Waals surface area (Å²) < 4.78 is 5.62. The summed E-state index contributed by atoms with van der Waals surface area (Å²) in [4.78, 5) is 12.1. The van der Waals surface area contributed by atoms with Crippen LogP contribution in [0.1, 0.15) is 44.8 Å². The maximum Gasteiger partial charge on any atom is 0.223 e. The molecule has 4 nitrogen and oxygen atoms in total. The van der Waals surface area contributed by atoms with Crippen molar-refractivity contribution in [3.63, 3.8) is 0 Å². The van der Waals surface area contributed by atoms with Gasteiger partial charge in [-0.25, -0.2) is 0 Å². The molecule has 2 N–H and O–H groups in total. The molecule has 120 valence electrons. The van der Waals surface area contributed by atoms with E-state index in [2.05, 4.69) is 17.5 Å². The van der Waals surface area contributed by atoms with E-state index >= 15 is 0 Å². The van der Waals surface area contributed by atoms with Gasteiger partial charge in [-0.1, -0.05) is 24.3 Å². The van der Waals surface area contributed by atoms with Gasteiger partial charge < -0.3 is 15.2 Å². The Balaban J connectivity index is 1.87. The Morgan fingerprint density at radius 1 is 1.41 bits per heavy atom. The van der Waals surface area contributed by atoms with E-state index < -0.39 is 6.10 Å². The second kappa shape index (κ2) is 7.99. The number of aliphatic hydroxyl groups is 1. The average Bonchev–Trinajstić information content (AvgIpc) is 2.52. The Bertz CT molecular complexity index is 525. The van der Waals surface area contributed by atoms with Gasteiger partial charge in [0, 0.05) is 12.5 Å². The van der Waals surface area contributed by atoms with Gasteiger partial charge in [-0.15, -0.1) is 0 Å². The van der Waals surface area contributed by atoms with Gasteiger partial charge in [0.2, 0.25) is 5.91 Å². The van der Waals surface area contributed by atoms with Crippen molar-refractivity contribution in [1.82, 2.24) is 5.32 Å². The zero-order chi connectivity index (χ0) is 15.9. The number of aliphatic hydroxyl groups excluding tert-OH is 1. The molecule has 1 amide bonds. The van der Waals surface area contributed by atoms with Crippen LogP contribution in [-0.2, 0) is 4.79 Å². The molecule has 1 aliphatic carbocycles. The van der Waals surface area contributed by atoms with Gasteiger partial charge in [-0.05, 0) is 50.8 Å². The third kappa shape index (κ3) is 4.88. The van der Waals surface area contributed by atoms with Gasteiger partial charge in [0.05, 0.1) is 12.2 Å². The number of carbonyl (C=O) groups excluding carboxylic acids is 1. The van der Waals surface area contributed by atoms with Crippen molar-refractivity contribution < 1.29 is 14.6 Å². The summed E-state index contributed by atoms with van der Waals surface area (Å²) in [5.41, 5.74) is 0.752. The van der Waals surface area contributed by atoms with Crippen LogP contribution < -0.4 is 10.1 Å². The predicted molar refractivity (Wildman–Crippen MR) is 86.7 cm³/mol. The van der Waals surface area contributed by atoms with E-state index in [1.807, 2.05) is 38.1 Å². The van der Waals surface area contributed by atoms with Crippen LogP contribution in [0.3, 0.4) is 0 Å². The molecule has 0 heterocycles. The fourth-order valence-corrected chi connectivity index (χ4v) is 2.56. The highest BCUT2D eigenvalue weighted by Gasteiger charge is 2.19. The lowest BCUT2D eigenvalue weighted by molar-refractivity contribution is -0.125. The molecule has 0 radical (unpaired) electrons. The number of ether oxygens (including phenoxy) is 1. The summed E-state index contributed by atoms with van der Waals surface area (Å²) in [5.74, 6) is 0.793. The van der Waals surface area contributed by atoms with Crippen molar-refractivity contribution in [1.29, 1.82) is 0 Å². The minimum Gasteiger partial charge on any atom is -0.491 e. The number of hydrogen-bond donors (Lipinski definition) is 2. The number of rotatable bonds is 6. The molecule has 1 aliphatic rings. The molecule has 4 heteroatoms. The minimum atomic E-state index is -0.723. The predicted octanol–water partition coefficient (Wildman–Crippen LogP) is 2.98. The molecule has 0 aliphatic heterocycles. The van der Waals surface area contributed by atoms with Crippen molar-refractivity contribution in [3.05, 3.63) is 42.0 Å². The number of nitrogens with one attached hydrogen (secondary N) is 1. The quantitative estimate of drug-likeness (QED) is 0.794. The fourth-order valence-electron chi connectivity index (χ4n) is 2.56. The SMILES string of the molecule is CC(C)Oc1cccc([C@H](O)CNC(=O)[C@@H]2CC=CCC2)c1. The van der Waals surface area contributed by atoms with Crippen LogP contribution in [0.15, 0.2) is 36.4 Å². The van der Waals surface area contributed by atoms with E-state index in [9.17, 15) is 9.90 Å². The van der Waals surface area contributed by atoms with Crippen molar-refractivity contribution >= 4 is 5.91 Å². The third-order valence-corrected chi connectivity index (χ3v) is 3.72. The molecule has 1 aromatic carbocycles. The van der Waals surface area contributed by atoms with Crippen LogP contribution in [0.2, 0.25) is 0 Å². The van der Waals surface area contributed by atoms with Crippen LogP contribution in [0.25, 0.3) is 0 Å². The van der Waals surface area contributed by atoms with Crippen molar-refractivity contribution in [2.75, 3.05) is 6.54 Å². The zero-order valence-electron chi connectivity index (χ0n) is 13.3. The van der Waals surface area contributed by atoms with Crippen LogP contribution in [0.5, 0.6) is 5.75 Å². The Hall–Kier alpha value is -1.81. The Morgan fingerprint density at radius 3 is 2.91 bits per heavy atom. The summed E-state index contributed by atoms with van der Waals surface area (Å²) in [5, 5.41) is 13.1. The van der Waals surface area contributed by atoms with E-state index in [0.29, 0.717) is 0 Å². The smallest absolute Gasteiger partial charge is 0.223 e. The standard InChI is InChI=1S/C18H25NO3/c1-13(2)22-16-10-6-9-15(11-16)17(20)12-19-18(21)14-7-4-3-5-8-14/h3-4,6,9-11,13-14,17,20H,5,7-8,12H2,1-2H3,(H,19,21)/t14-,17-/m1/s1. The lowest BCUT2D eigenvalue weighted by Crippen LogP contribution is -2.34. The number of carbonyl (C=O) groups is 1. The number of benzene rings is 1. The normalized spacial score (nSPS) is 19.0. The van der Waals surface area contributed by atoms with Crippen LogP contribution in [-0.4, -0.2) is 23.7 Å². The highest BCUT2D eigenvalue weighted by Crippen LogP contribution is 2.21. The number of hydrogen-bond acceptors (Lipinski definition) is 3. The van der Waals surface area contributed by atoms with E-state index in [-0.39, 0.29) is 24.5 Å². The second-order valence-electron chi connectivity index (χ2n) is 5.98. The summed E-state index contributed by atoms with van der Waals surface area (Å²) in [7, 11) is 0. The largest absolute Gasteiger partial charge is 0.491 e. The first-order valence-electron chi connectivity index (χ1n) is 7.93. The number of amides is 1. The van der Waals surface area contributed by atoms with Crippen molar-refractivity contribution in [2.24, 2.45) is 5.92 Å². The zero-order valence-corrected chi connectivity index (χ0v) is 13.3. The van der Waals surface area contributed by atoms with Crippen molar-refractivity contribution in [2.45, 2.75) is 45.3 Å². The van der Waals surface area contributed by atoms with Gasteiger partial charge in [-0.3, -0.25) is 4.79 Å². The maximum atomic E-state index is 12.1. The lowest BCUT2D eigenvalue weighted by Gasteiger charge is -2.19. The van der Waals surface area contributed by atoms with Gasteiger partial charge in [0.15, 0.2) is 0 Å². The fraction of sp³-hybridized carbons (Fsp3) is 0.500. The van der Waals surface area contributed by atoms with Gasteiger partial charge in [0.25, 0.3) is 0 Å². The molecule has 0 saturated carbocycles. The molecule has 2 atom stereocenters.